The molecule has 2 heterocycles. The van der Waals surface area contributed by atoms with Crippen molar-refractivity contribution in [1.82, 2.24) is 19.4 Å². The van der Waals surface area contributed by atoms with Crippen molar-refractivity contribution in [3.63, 3.8) is 0 Å². The van der Waals surface area contributed by atoms with Gasteiger partial charge in [-0.2, -0.15) is 0 Å². The van der Waals surface area contributed by atoms with Crippen molar-refractivity contribution >= 4 is 20.9 Å². The molecule has 0 radical (unpaired) electrons. The third-order valence-electron chi connectivity index (χ3n) is 7.63. The Hall–Kier alpha value is -3.07. The second-order valence-electron chi connectivity index (χ2n) is 10.3. The maximum atomic E-state index is 15.3. The van der Waals surface area contributed by atoms with Crippen LogP contribution in [0.15, 0.2) is 59.5 Å². The van der Waals surface area contributed by atoms with E-state index in [9.17, 15) is 8.42 Å². The van der Waals surface area contributed by atoms with Gasteiger partial charge in [0.1, 0.15) is 11.6 Å². The molecule has 0 N–H and O–H groups in total. The number of aryl methyl sites for hydroxylation is 2. The van der Waals surface area contributed by atoms with Crippen LogP contribution < -0.4 is 0 Å². The highest BCUT2D eigenvalue weighted by atomic mass is 32.2. The van der Waals surface area contributed by atoms with Crippen molar-refractivity contribution < 1.29 is 12.8 Å². The molecule has 0 aliphatic carbocycles. The number of sulfone groups is 1. The second-order valence-corrected chi connectivity index (χ2v) is 12.3. The second kappa shape index (κ2) is 10.6. The predicted octanol–water partition coefficient (Wildman–Crippen LogP) is 5.29. The molecule has 1 fully saturated rings. The number of imidazole rings is 1. The minimum Gasteiger partial charge on any atom is -0.327 e. The number of benzene rings is 3. The third-order valence-corrected chi connectivity index (χ3v) is 8.75. The zero-order chi connectivity index (χ0) is 27.0. The molecule has 0 saturated carbocycles. The van der Waals surface area contributed by atoms with Gasteiger partial charge in [0, 0.05) is 44.1 Å². The van der Waals surface area contributed by atoms with Gasteiger partial charge in [-0.1, -0.05) is 19.1 Å². The van der Waals surface area contributed by atoms with Crippen molar-refractivity contribution in [3.05, 3.63) is 71.5 Å². The van der Waals surface area contributed by atoms with Crippen molar-refractivity contribution in [2.75, 3.05) is 39.0 Å². The van der Waals surface area contributed by atoms with Gasteiger partial charge >= 0.3 is 0 Å². The largest absolute Gasteiger partial charge is 0.327 e. The van der Waals surface area contributed by atoms with Crippen LogP contribution in [0.5, 0.6) is 0 Å². The van der Waals surface area contributed by atoms with E-state index in [0.717, 1.165) is 83.8 Å². The zero-order valence-corrected chi connectivity index (χ0v) is 23.4. The lowest BCUT2D eigenvalue weighted by molar-refractivity contribution is 0.255. The molecule has 3 aromatic carbocycles. The summed E-state index contributed by atoms with van der Waals surface area (Å²) in [5, 5.41) is 0. The summed E-state index contributed by atoms with van der Waals surface area (Å²) in [4.78, 5) is 9.94. The average molecular weight is 535 g/mol. The summed E-state index contributed by atoms with van der Waals surface area (Å²) in [6.45, 7) is 10.00. The molecule has 0 atom stereocenters. The molecular weight excluding hydrogens is 499 g/mol. The lowest BCUT2D eigenvalue weighted by atomic mass is 10.0. The summed E-state index contributed by atoms with van der Waals surface area (Å²) in [7, 11) is -1.31. The molecule has 1 aliphatic rings. The van der Waals surface area contributed by atoms with Crippen LogP contribution in [0.3, 0.4) is 0 Å². The fourth-order valence-electron chi connectivity index (χ4n) is 5.33. The number of hydrogen-bond acceptors (Lipinski definition) is 5. The van der Waals surface area contributed by atoms with E-state index in [1.54, 1.807) is 30.3 Å². The monoisotopic (exact) mass is 534 g/mol. The molecule has 38 heavy (non-hydrogen) atoms. The first-order valence-electron chi connectivity index (χ1n) is 13.1. The number of likely N-dealkylation sites (N-methyl/N-ethyl adjacent to an activating group) is 1. The third kappa shape index (κ3) is 5.39. The van der Waals surface area contributed by atoms with E-state index < -0.39 is 9.84 Å². The minimum absolute atomic E-state index is 0.173. The fraction of sp³-hybridized carbons (Fsp3) is 0.367. The topological polar surface area (TPSA) is 58.4 Å². The Balaban J connectivity index is 1.42. The molecule has 4 aromatic rings. The molecule has 1 aliphatic heterocycles. The number of fused-ring (bicyclic) bond motifs is 1. The molecule has 0 unspecified atom stereocenters. The van der Waals surface area contributed by atoms with Crippen LogP contribution in [0.25, 0.3) is 33.5 Å². The standard InChI is InChI=1S/C30H35FN4O2S/c1-5-34-13-6-14-35(16-15-34)20-24-8-7-23(18-27(24)31)25-17-21(2)29-28(19-25)33(3)30(32-29)22-9-11-26(12-10-22)38(4,36)37/h7-12,17-19H,5-6,13-16,20H2,1-4H3. The highest BCUT2D eigenvalue weighted by Gasteiger charge is 2.18. The number of halogens is 1. The highest BCUT2D eigenvalue weighted by Crippen LogP contribution is 2.32. The fourth-order valence-corrected chi connectivity index (χ4v) is 5.96. The van der Waals surface area contributed by atoms with Crippen LogP contribution in [0.1, 0.15) is 24.5 Å². The van der Waals surface area contributed by atoms with Gasteiger partial charge in [0.05, 0.1) is 15.9 Å². The summed E-state index contributed by atoms with van der Waals surface area (Å²) in [6, 6.07) is 16.5. The SMILES string of the molecule is CCN1CCCN(Cc2ccc(-c3cc(C)c4nc(-c5ccc(S(C)(=O)=O)cc5)n(C)c4c3)cc2F)CC1. The first-order valence-corrected chi connectivity index (χ1v) is 15.0. The Bertz CT molecular complexity index is 1580. The van der Waals surface area contributed by atoms with Gasteiger partial charge in [-0.15, -0.1) is 0 Å². The zero-order valence-electron chi connectivity index (χ0n) is 22.5. The Morgan fingerprint density at radius 2 is 1.58 bits per heavy atom. The van der Waals surface area contributed by atoms with Crippen molar-refractivity contribution in [2.24, 2.45) is 7.05 Å². The van der Waals surface area contributed by atoms with Crippen LogP contribution >= 0.6 is 0 Å². The molecular formula is C30H35FN4O2S. The first-order chi connectivity index (χ1) is 18.1. The summed E-state index contributed by atoms with van der Waals surface area (Å²) in [6.07, 6.45) is 2.31. The molecule has 8 heteroatoms. The van der Waals surface area contributed by atoms with Crippen molar-refractivity contribution in [3.8, 4) is 22.5 Å². The number of rotatable bonds is 6. The van der Waals surface area contributed by atoms with Crippen LogP contribution in [-0.4, -0.2) is 66.7 Å². The number of hydrogen-bond donors (Lipinski definition) is 0. The van der Waals surface area contributed by atoms with E-state index in [-0.39, 0.29) is 10.7 Å². The van der Waals surface area contributed by atoms with Gasteiger partial charge in [0.2, 0.25) is 0 Å². The molecule has 0 bridgehead atoms. The smallest absolute Gasteiger partial charge is 0.175 e. The molecule has 5 rings (SSSR count). The number of aromatic nitrogens is 2. The quantitative estimate of drug-likeness (QED) is 0.337. The average Bonchev–Trinajstić information content (AvgIpc) is 3.06. The first kappa shape index (κ1) is 26.5. The summed E-state index contributed by atoms with van der Waals surface area (Å²) in [5.74, 6) is 0.578. The summed E-state index contributed by atoms with van der Waals surface area (Å²) >= 11 is 0. The molecule has 0 spiro atoms. The molecule has 1 saturated heterocycles. The van der Waals surface area contributed by atoms with Gasteiger partial charge in [0.25, 0.3) is 0 Å². The lowest BCUT2D eigenvalue weighted by Crippen LogP contribution is -2.30. The van der Waals surface area contributed by atoms with E-state index in [0.29, 0.717) is 6.54 Å². The Kier molecular flexibility index (Phi) is 7.40. The van der Waals surface area contributed by atoms with E-state index in [1.807, 2.05) is 36.7 Å². The molecule has 1 aromatic heterocycles. The van der Waals surface area contributed by atoms with Gasteiger partial charge < -0.3 is 9.47 Å². The van der Waals surface area contributed by atoms with Crippen molar-refractivity contribution in [2.45, 2.75) is 31.7 Å². The van der Waals surface area contributed by atoms with Crippen LogP contribution in [0.4, 0.5) is 4.39 Å². The minimum atomic E-state index is -3.26. The lowest BCUT2D eigenvalue weighted by Gasteiger charge is -2.21. The van der Waals surface area contributed by atoms with E-state index in [1.165, 1.54) is 6.26 Å². The summed E-state index contributed by atoms with van der Waals surface area (Å²) < 4.78 is 40.9. The van der Waals surface area contributed by atoms with Crippen LogP contribution in [0.2, 0.25) is 0 Å². The maximum Gasteiger partial charge on any atom is 0.175 e. The molecule has 0 amide bonds. The van der Waals surface area contributed by atoms with Crippen LogP contribution in [0, 0.1) is 12.7 Å². The Labute approximate surface area is 224 Å². The van der Waals surface area contributed by atoms with Crippen molar-refractivity contribution in [1.29, 1.82) is 0 Å². The van der Waals surface area contributed by atoms with E-state index in [4.69, 9.17) is 4.98 Å². The predicted molar refractivity (Wildman–Crippen MR) is 151 cm³/mol. The normalized spacial score (nSPS) is 15.7. The van der Waals surface area contributed by atoms with Crippen LogP contribution in [-0.2, 0) is 23.4 Å². The van der Waals surface area contributed by atoms with Gasteiger partial charge in [-0.25, -0.2) is 17.8 Å². The summed E-state index contributed by atoms with van der Waals surface area (Å²) in [5.41, 5.74) is 6.16. The number of nitrogens with zero attached hydrogens (tertiary/aromatic N) is 4. The van der Waals surface area contributed by atoms with E-state index >= 15 is 4.39 Å². The maximum absolute atomic E-state index is 15.3. The van der Waals surface area contributed by atoms with Gasteiger partial charge in [-0.05, 0) is 92.1 Å². The van der Waals surface area contributed by atoms with Gasteiger partial charge in [0.15, 0.2) is 9.84 Å². The molecule has 200 valence electrons. The Morgan fingerprint density at radius 1 is 0.895 bits per heavy atom. The molecule has 6 nitrogen and oxygen atoms in total. The Morgan fingerprint density at radius 3 is 2.26 bits per heavy atom. The van der Waals surface area contributed by atoms with E-state index in [2.05, 4.69) is 22.8 Å². The highest BCUT2D eigenvalue weighted by molar-refractivity contribution is 7.90. The van der Waals surface area contributed by atoms with Gasteiger partial charge in [-0.3, -0.25) is 4.90 Å².